The van der Waals surface area contributed by atoms with Crippen LogP contribution in [0, 0.1) is 5.92 Å². The monoisotopic (exact) mass is 280 g/mol. The number of rotatable bonds is 5. The highest BCUT2D eigenvalue weighted by Gasteiger charge is 2.18. The van der Waals surface area contributed by atoms with E-state index in [1.54, 1.807) is 7.11 Å². The van der Waals surface area contributed by atoms with Crippen LogP contribution in [0.25, 0.3) is 0 Å². The molecule has 2 nitrogen and oxygen atoms in total. The lowest BCUT2D eigenvalue weighted by Gasteiger charge is -2.20. The number of benzene rings is 1. The van der Waals surface area contributed by atoms with E-state index in [0.29, 0.717) is 24.0 Å². The maximum Gasteiger partial charge on any atom is 0.163 e. The van der Waals surface area contributed by atoms with Gasteiger partial charge in [-0.15, -0.1) is 11.6 Å². The van der Waals surface area contributed by atoms with Crippen LogP contribution in [0.5, 0.6) is 5.75 Å². The van der Waals surface area contributed by atoms with Crippen molar-refractivity contribution in [1.82, 2.24) is 0 Å². The van der Waals surface area contributed by atoms with E-state index >= 15 is 0 Å². The summed E-state index contributed by atoms with van der Waals surface area (Å²) in [6.45, 7) is 0. The molecule has 0 aromatic heterocycles. The number of halogens is 1. The van der Waals surface area contributed by atoms with Crippen LogP contribution in [0.3, 0.4) is 0 Å². The normalized spacial score (nSPS) is 16.3. The van der Waals surface area contributed by atoms with Crippen LogP contribution in [0.4, 0.5) is 0 Å². The molecule has 3 heteroatoms. The summed E-state index contributed by atoms with van der Waals surface area (Å²) in [5, 5.41) is 0. The number of hydrogen-bond donors (Lipinski definition) is 0. The van der Waals surface area contributed by atoms with Crippen molar-refractivity contribution in [2.75, 3.05) is 7.11 Å². The molecule has 0 radical (unpaired) electrons. The highest BCUT2D eigenvalue weighted by Crippen LogP contribution is 2.29. The summed E-state index contributed by atoms with van der Waals surface area (Å²) in [5.74, 6) is 1.91. The predicted molar refractivity (Wildman–Crippen MR) is 78.1 cm³/mol. The number of hydrogen-bond acceptors (Lipinski definition) is 2. The molecule has 1 aromatic rings. The molecule has 1 fully saturated rings. The summed E-state index contributed by atoms with van der Waals surface area (Å²) in [7, 11) is 1.61. The van der Waals surface area contributed by atoms with E-state index in [9.17, 15) is 4.79 Å². The quantitative estimate of drug-likeness (QED) is 0.582. The van der Waals surface area contributed by atoms with Crippen molar-refractivity contribution in [2.45, 2.75) is 44.4 Å². The summed E-state index contributed by atoms with van der Waals surface area (Å²) in [5.41, 5.74) is 1.68. The number of ketones is 1. The zero-order chi connectivity index (χ0) is 13.7. The Morgan fingerprint density at radius 1 is 1.32 bits per heavy atom. The Balaban J connectivity index is 2.05. The Kier molecular flexibility index (Phi) is 5.26. The SMILES string of the molecule is COc1cc(C(=O)CC2CCCCC2)ccc1CCl. The van der Waals surface area contributed by atoms with Crippen molar-refractivity contribution in [3.05, 3.63) is 29.3 Å². The van der Waals surface area contributed by atoms with E-state index in [4.69, 9.17) is 16.3 Å². The second kappa shape index (κ2) is 6.95. The molecule has 1 aliphatic rings. The fourth-order valence-electron chi connectivity index (χ4n) is 2.80. The lowest BCUT2D eigenvalue weighted by molar-refractivity contribution is 0.0950. The first-order valence-corrected chi connectivity index (χ1v) is 7.54. The van der Waals surface area contributed by atoms with Crippen LogP contribution < -0.4 is 4.74 Å². The van der Waals surface area contributed by atoms with Gasteiger partial charge in [0.25, 0.3) is 0 Å². The van der Waals surface area contributed by atoms with Gasteiger partial charge in [0.1, 0.15) is 5.75 Å². The van der Waals surface area contributed by atoms with E-state index in [2.05, 4.69) is 0 Å². The second-order valence-electron chi connectivity index (χ2n) is 5.29. The molecule has 0 spiro atoms. The molecule has 1 saturated carbocycles. The fourth-order valence-corrected chi connectivity index (χ4v) is 3.02. The molecule has 0 atom stereocenters. The molecule has 2 rings (SSSR count). The number of carbonyl (C=O) groups excluding carboxylic acids is 1. The van der Waals surface area contributed by atoms with Crippen molar-refractivity contribution in [3.8, 4) is 5.75 Å². The molecule has 104 valence electrons. The summed E-state index contributed by atoms with van der Waals surface area (Å²) in [6, 6.07) is 5.58. The Labute approximate surface area is 120 Å². The second-order valence-corrected chi connectivity index (χ2v) is 5.56. The van der Waals surface area contributed by atoms with E-state index < -0.39 is 0 Å². The van der Waals surface area contributed by atoms with E-state index in [0.717, 1.165) is 11.1 Å². The highest BCUT2D eigenvalue weighted by molar-refractivity contribution is 6.17. The zero-order valence-corrected chi connectivity index (χ0v) is 12.2. The van der Waals surface area contributed by atoms with Crippen molar-refractivity contribution in [2.24, 2.45) is 5.92 Å². The number of ether oxygens (including phenoxy) is 1. The standard InChI is InChI=1S/C16H21ClO2/c1-19-16-10-13(7-8-14(16)11-17)15(18)9-12-5-3-2-4-6-12/h7-8,10,12H,2-6,9,11H2,1H3. The number of Topliss-reactive ketones (excluding diaryl/α,β-unsaturated/α-hetero) is 1. The molecule has 1 aromatic carbocycles. The van der Waals surface area contributed by atoms with Gasteiger partial charge in [-0.3, -0.25) is 4.79 Å². The minimum absolute atomic E-state index is 0.228. The van der Waals surface area contributed by atoms with Gasteiger partial charge in [-0.05, 0) is 12.0 Å². The number of carbonyl (C=O) groups is 1. The third kappa shape index (κ3) is 3.73. The smallest absolute Gasteiger partial charge is 0.163 e. The van der Waals surface area contributed by atoms with Gasteiger partial charge in [0.05, 0.1) is 13.0 Å². The lowest BCUT2D eigenvalue weighted by Crippen LogP contribution is -2.12. The fraction of sp³-hybridized carbons (Fsp3) is 0.562. The van der Waals surface area contributed by atoms with Crippen LogP contribution in [-0.2, 0) is 5.88 Å². The summed E-state index contributed by atoms with van der Waals surface area (Å²) in [6.07, 6.45) is 6.93. The average Bonchev–Trinajstić information content (AvgIpc) is 2.47. The van der Waals surface area contributed by atoms with E-state index in [-0.39, 0.29) is 5.78 Å². The predicted octanol–water partition coefficient (Wildman–Crippen LogP) is 4.59. The molecule has 0 unspecified atom stereocenters. The minimum Gasteiger partial charge on any atom is -0.496 e. The van der Waals surface area contributed by atoms with Gasteiger partial charge in [0.2, 0.25) is 0 Å². The summed E-state index contributed by atoms with van der Waals surface area (Å²) >= 11 is 5.83. The van der Waals surface area contributed by atoms with Crippen LogP contribution >= 0.6 is 11.6 Å². The Morgan fingerprint density at radius 3 is 2.68 bits per heavy atom. The largest absolute Gasteiger partial charge is 0.496 e. The molecule has 19 heavy (non-hydrogen) atoms. The van der Waals surface area contributed by atoms with Gasteiger partial charge >= 0.3 is 0 Å². The van der Waals surface area contributed by atoms with Gasteiger partial charge < -0.3 is 4.74 Å². The third-order valence-electron chi connectivity index (χ3n) is 3.95. The average molecular weight is 281 g/mol. The van der Waals surface area contributed by atoms with Crippen molar-refractivity contribution >= 4 is 17.4 Å². The Morgan fingerprint density at radius 2 is 2.05 bits per heavy atom. The first-order chi connectivity index (χ1) is 9.24. The summed E-state index contributed by atoms with van der Waals surface area (Å²) in [4.78, 5) is 12.3. The first-order valence-electron chi connectivity index (χ1n) is 7.00. The van der Waals surface area contributed by atoms with Crippen molar-refractivity contribution in [3.63, 3.8) is 0 Å². The maximum atomic E-state index is 12.3. The van der Waals surface area contributed by atoms with Gasteiger partial charge in [0.15, 0.2) is 5.78 Å². The number of alkyl halides is 1. The molecule has 1 aliphatic carbocycles. The molecular weight excluding hydrogens is 260 g/mol. The highest BCUT2D eigenvalue weighted by atomic mass is 35.5. The Bertz CT molecular complexity index is 436. The topological polar surface area (TPSA) is 26.3 Å². The molecule has 0 aliphatic heterocycles. The van der Waals surface area contributed by atoms with E-state index in [1.165, 1.54) is 32.1 Å². The minimum atomic E-state index is 0.228. The van der Waals surface area contributed by atoms with Crippen molar-refractivity contribution < 1.29 is 9.53 Å². The van der Waals surface area contributed by atoms with Gasteiger partial charge in [-0.2, -0.15) is 0 Å². The molecule has 0 saturated heterocycles. The van der Waals surface area contributed by atoms with Crippen LogP contribution in [0.1, 0.15) is 54.4 Å². The molecule has 0 N–H and O–H groups in total. The van der Waals surface area contributed by atoms with Crippen LogP contribution in [0.2, 0.25) is 0 Å². The number of methoxy groups -OCH3 is 1. The van der Waals surface area contributed by atoms with Crippen molar-refractivity contribution in [1.29, 1.82) is 0 Å². The first kappa shape index (κ1) is 14.4. The van der Waals surface area contributed by atoms with Gasteiger partial charge in [0, 0.05) is 17.5 Å². The molecule has 0 bridgehead atoms. The van der Waals surface area contributed by atoms with Gasteiger partial charge in [-0.25, -0.2) is 0 Å². The van der Waals surface area contributed by atoms with E-state index in [1.807, 2.05) is 18.2 Å². The Hall–Kier alpha value is -1.02. The third-order valence-corrected chi connectivity index (χ3v) is 4.24. The van der Waals surface area contributed by atoms with Crippen LogP contribution in [-0.4, -0.2) is 12.9 Å². The summed E-state index contributed by atoms with van der Waals surface area (Å²) < 4.78 is 5.28. The lowest BCUT2D eigenvalue weighted by atomic mass is 9.84. The maximum absolute atomic E-state index is 12.3. The molecule has 0 heterocycles. The zero-order valence-electron chi connectivity index (χ0n) is 11.5. The molecular formula is C16H21ClO2. The van der Waals surface area contributed by atoms with Gasteiger partial charge in [-0.1, -0.05) is 44.2 Å². The van der Waals surface area contributed by atoms with Crippen LogP contribution in [0.15, 0.2) is 18.2 Å². The molecule has 0 amide bonds.